The van der Waals surface area contributed by atoms with Crippen LogP contribution in [0.2, 0.25) is 0 Å². The maximum Gasteiger partial charge on any atom is 0.337 e. The van der Waals surface area contributed by atoms with Crippen molar-refractivity contribution in [3.05, 3.63) is 54.4 Å². The number of anilines is 2. The Morgan fingerprint density at radius 1 is 1.18 bits per heavy atom. The largest absolute Gasteiger partial charge is 0.465 e. The van der Waals surface area contributed by atoms with Gasteiger partial charge in [0.05, 0.1) is 24.6 Å². The van der Waals surface area contributed by atoms with E-state index in [4.69, 9.17) is 0 Å². The highest BCUT2D eigenvalue weighted by Crippen LogP contribution is 2.16. The van der Waals surface area contributed by atoms with Gasteiger partial charge in [-0.3, -0.25) is 4.98 Å². The molecule has 1 N–H and O–H groups in total. The van der Waals surface area contributed by atoms with Gasteiger partial charge in [0.2, 0.25) is 0 Å². The number of aromatic nitrogens is 1. The number of hydrogen-bond donors (Lipinski definition) is 1. The van der Waals surface area contributed by atoms with Crippen molar-refractivity contribution in [3.63, 3.8) is 0 Å². The Morgan fingerprint density at radius 3 is 2.53 bits per heavy atom. The van der Waals surface area contributed by atoms with E-state index in [2.05, 4.69) is 15.0 Å². The van der Waals surface area contributed by atoms with E-state index < -0.39 is 0 Å². The Bertz CT molecular complexity index is 495. The van der Waals surface area contributed by atoms with Gasteiger partial charge in [-0.1, -0.05) is 0 Å². The average Bonchev–Trinajstić information content (AvgIpc) is 2.40. The molecule has 1 aromatic heterocycles. The van der Waals surface area contributed by atoms with Crippen LogP contribution in [-0.4, -0.2) is 18.1 Å². The number of carbonyl (C=O) groups excluding carboxylic acids is 1. The molecule has 17 heavy (non-hydrogen) atoms. The van der Waals surface area contributed by atoms with Gasteiger partial charge in [-0.05, 0) is 36.4 Å². The highest BCUT2D eigenvalue weighted by atomic mass is 16.5. The summed E-state index contributed by atoms with van der Waals surface area (Å²) in [6, 6.07) is 10.8. The van der Waals surface area contributed by atoms with Gasteiger partial charge in [0.15, 0.2) is 0 Å². The molecule has 0 bridgehead atoms. The maximum atomic E-state index is 11.2. The summed E-state index contributed by atoms with van der Waals surface area (Å²) in [5, 5.41) is 3.17. The first-order chi connectivity index (χ1) is 8.29. The van der Waals surface area contributed by atoms with Crippen molar-refractivity contribution in [3.8, 4) is 0 Å². The lowest BCUT2D eigenvalue weighted by molar-refractivity contribution is 0.0601. The van der Waals surface area contributed by atoms with E-state index in [1.165, 1.54) is 7.11 Å². The lowest BCUT2D eigenvalue weighted by Crippen LogP contribution is -2.00. The number of hydrogen-bond acceptors (Lipinski definition) is 4. The van der Waals surface area contributed by atoms with Crippen LogP contribution >= 0.6 is 0 Å². The summed E-state index contributed by atoms with van der Waals surface area (Å²) < 4.78 is 4.63. The van der Waals surface area contributed by atoms with Gasteiger partial charge in [-0.2, -0.15) is 0 Å². The first-order valence-electron chi connectivity index (χ1n) is 5.15. The van der Waals surface area contributed by atoms with Crippen LogP contribution in [0.25, 0.3) is 0 Å². The van der Waals surface area contributed by atoms with Gasteiger partial charge in [0, 0.05) is 11.9 Å². The van der Waals surface area contributed by atoms with E-state index in [1.807, 2.05) is 24.3 Å². The molecule has 86 valence electrons. The molecule has 0 aliphatic heterocycles. The average molecular weight is 228 g/mol. The van der Waals surface area contributed by atoms with Gasteiger partial charge in [-0.15, -0.1) is 0 Å². The van der Waals surface area contributed by atoms with Crippen molar-refractivity contribution >= 4 is 17.3 Å². The number of nitrogens with zero attached hydrogens (tertiary/aromatic N) is 1. The molecule has 0 atom stereocenters. The normalized spacial score (nSPS) is 9.71. The van der Waals surface area contributed by atoms with Crippen LogP contribution in [-0.2, 0) is 4.74 Å². The van der Waals surface area contributed by atoms with Gasteiger partial charge in [0.1, 0.15) is 0 Å². The molecule has 0 aliphatic rings. The summed E-state index contributed by atoms with van der Waals surface area (Å²) in [6.45, 7) is 0. The number of carbonyl (C=O) groups is 1. The molecule has 0 saturated heterocycles. The lowest BCUT2D eigenvalue weighted by Gasteiger charge is -2.06. The topological polar surface area (TPSA) is 51.2 Å². The monoisotopic (exact) mass is 228 g/mol. The number of rotatable bonds is 3. The predicted octanol–water partition coefficient (Wildman–Crippen LogP) is 2.61. The van der Waals surface area contributed by atoms with E-state index in [-0.39, 0.29) is 5.97 Å². The van der Waals surface area contributed by atoms with E-state index in [0.29, 0.717) is 5.56 Å². The minimum absolute atomic E-state index is 0.335. The number of benzene rings is 1. The van der Waals surface area contributed by atoms with Crippen LogP contribution in [0.1, 0.15) is 10.4 Å². The fraction of sp³-hybridized carbons (Fsp3) is 0.0769. The minimum Gasteiger partial charge on any atom is -0.465 e. The number of pyridine rings is 1. The predicted molar refractivity (Wildman–Crippen MR) is 65.3 cm³/mol. The SMILES string of the molecule is COC(=O)c1ccc(Nc2cccnc2)cc1. The maximum absolute atomic E-state index is 11.2. The zero-order valence-electron chi connectivity index (χ0n) is 9.38. The van der Waals surface area contributed by atoms with E-state index in [1.54, 1.807) is 24.5 Å². The molecule has 0 radical (unpaired) electrons. The minimum atomic E-state index is -0.335. The molecule has 0 unspecified atom stereocenters. The third kappa shape index (κ3) is 2.81. The summed E-state index contributed by atoms with van der Waals surface area (Å²) in [6.07, 6.45) is 3.44. The summed E-state index contributed by atoms with van der Waals surface area (Å²) >= 11 is 0. The summed E-state index contributed by atoms with van der Waals surface area (Å²) in [7, 11) is 1.37. The molecule has 1 aromatic carbocycles. The van der Waals surface area contributed by atoms with E-state index >= 15 is 0 Å². The molecular formula is C13H12N2O2. The first-order valence-corrected chi connectivity index (χ1v) is 5.15. The van der Waals surface area contributed by atoms with Crippen LogP contribution in [0.4, 0.5) is 11.4 Å². The van der Waals surface area contributed by atoms with Crippen LogP contribution in [0.3, 0.4) is 0 Å². The van der Waals surface area contributed by atoms with Crippen LogP contribution in [0, 0.1) is 0 Å². The molecule has 2 aromatic rings. The number of nitrogens with one attached hydrogen (secondary N) is 1. The zero-order valence-corrected chi connectivity index (χ0v) is 9.38. The Hall–Kier alpha value is -2.36. The van der Waals surface area contributed by atoms with Gasteiger partial charge in [-0.25, -0.2) is 4.79 Å². The third-order valence-corrected chi connectivity index (χ3v) is 2.26. The molecular weight excluding hydrogens is 216 g/mol. The van der Waals surface area contributed by atoms with Gasteiger partial charge < -0.3 is 10.1 Å². The summed E-state index contributed by atoms with van der Waals surface area (Å²) in [5.74, 6) is -0.335. The molecule has 0 spiro atoms. The molecule has 2 rings (SSSR count). The quantitative estimate of drug-likeness (QED) is 0.820. The molecule has 0 aliphatic carbocycles. The van der Waals surface area contributed by atoms with Crippen molar-refractivity contribution in [1.82, 2.24) is 4.98 Å². The van der Waals surface area contributed by atoms with Gasteiger partial charge in [0.25, 0.3) is 0 Å². The van der Waals surface area contributed by atoms with Crippen LogP contribution in [0.15, 0.2) is 48.8 Å². The van der Waals surface area contributed by atoms with Crippen molar-refractivity contribution in [2.45, 2.75) is 0 Å². The molecule has 0 fully saturated rings. The second-order valence-electron chi connectivity index (χ2n) is 3.44. The lowest BCUT2D eigenvalue weighted by atomic mass is 10.2. The number of ether oxygens (including phenoxy) is 1. The Morgan fingerprint density at radius 2 is 1.94 bits per heavy atom. The molecule has 0 saturated carbocycles. The van der Waals surface area contributed by atoms with Crippen molar-refractivity contribution in [1.29, 1.82) is 0 Å². The zero-order chi connectivity index (χ0) is 12.1. The summed E-state index contributed by atoms with van der Waals surface area (Å²) in [4.78, 5) is 15.2. The van der Waals surface area contributed by atoms with Gasteiger partial charge >= 0.3 is 5.97 Å². The van der Waals surface area contributed by atoms with Crippen LogP contribution in [0.5, 0.6) is 0 Å². The van der Waals surface area contributed by atoms with Crippen LogP contribution < -0.4 is 5.32 Å². The van der Waals surface area contributed by atoms with E-state index in [9.17, 15) is 4.79 Å². The van der Waals surface area contributed by atoms with Crippen molar-refractivity contribution in [2.24, 2.45) is 0 Å². The number of methoxy groups -OCH3 is 1. The Kier molecular flexibility index (Phi) is 3.35. The molecule has 0 amide bonds. The molecule has 4 nitrogen and oxygen atoms in total. The molecule has 1 heterocycles. The first kappa shape index (κ1) is 11.1. The smallest absolute Gasteiger partial charge is 0.337 e. The van der Waals surface area contributed by atoms with E-state index in [0.717, 1.165) is 11.4 Å². The fourth-order valence-electron chi connectivity index (χ4n) is 1.41. The second kappa shape index (κ2) is 5.12. The molecule has 4 heteroatoms. The number of esters is 1. The third-order valence-electron chi connectivity index (χ3n) is 2.26. The second-order valence-corrected chi connectivity index (χ2v) is 3.44. The Labute approximate surface area is 99.3 Å². The highest BCUT2D eigenvalue weighted by molar-refractivity contribution is 5.89. The summed E-state index contributed by atoms with van der Waals surface area (Å²) in [5.41, 5.74) is 2.33. The standard InChI is InChI=1S/C13H12N2O2/c1-17-13(16)10-4-6-11(7-5-10)15-12-3-2-8-14-9-12/h2-9,15H,1H3. The van der Waals surface area contributed by atoms with Crippen molar-refractivity contribution < 1.29 is 9.53 Å². The highest BCUT2D eigenvalue weighted by Gasteiger charge is 2.03. The fourth-order valence-corrected chi connectivity index (χ4v) is 1.41. The Balaban J connectivity index is 2.11. The van der Waals surface area contributed by atoms with Crippen molar-refractivity contribution in [2.75, 3.05) is 12.4 Å².